The Hall–Kier alpha value is -3.45. The van der Waals surface area contributed by atoms with Gasteiger partial charge in [0.2, 0.25) is 5.43 Å². The van der Waals surface area contributed by atoms with Crippen LogP contribution in [-0.2, 0) is 6.42 Å². The Labute approximate surface area is 192 Å². The van der Waals surface area contributed by atoms with E-state index in [9.17, 15) is 15.0 Å². The highest BCUT2D eigenvalue weighted by atomic mass is 16.5. The Balaban J connectivity index is 2.51. The summed E-state index contributed by atoms with van der Waals surface area (Å²) in [7, 11) is 4.45. The van der Waals surface area contributed by atoms with E-state index in [1.165, 1.54) is 21.3 Å². The topological polar surface area (TPSA) is 98.4 Å². The van der Waals surface area contributed by atoms with Crippen molar-refractivity contribution in [1.29, 1.82) is 0 Å². The number of benzene rings is 2. The molecule has 0 aliphatic carbocycles. The average Bonchev–Trinajstić information content (AvgIpc) is 2.74. The second-order valence-corrected chi connectivity index (χ2v) is 8.58. The summed E-state index contributed by atoms with van der Waals surface area (Å²) >= 11 is 0. The normalized spacial score (nSPS) is 11.9. The zero-order valence-corrected chi connectivity index (χ0v) is 20.0. The minimum atomic E-state index is -1.13. The van der Waals surface area contributed by atoms with Crippen molar-refractivity contribution in [2.24, 2.45) is 0 Å². The van der Waals surface area contributed by atoms with Crippen LogP contribution in [0.2, 0.25) is 0 Å². The van der Waals surface area contributed by atoms with E-state index in [4.69, 9.17) is 18.6 Å². The summed E-state index contributed by atoms with van der Waals surface area (Å²) in [6, 6.07) is 3.17. The van der Waals surface area contributed by atoms with Gasteiger partial charge in [-0.15, -0.1) is 0 Å². The minimum absolute atomic E-state index is 0.0468. The molecule has 3 aromatic rings. The molecule has 1 aromatic heterocycles. The molecule has 7 nitrogen and oxygen atoms in total. The zero-order valence-electron chi connectivity index (χ0n) is 20.0. The summed E-state index contributed by atoms with van der Waals surface area (Å²) in [5, 5.41) is 21.6. The summed E-state index contributed by atoms with van der Waals surface area (Å²) in [5.74, 6) is 0.904. The van der Waals surface area contributed by atoms with Crippen molar-refractivity contribution in [3.63, 3.8) is 0 Å². The van der Waals surface area contributed by atoms with Gasteiger partial charge in [-0.2, -0.15) is 0 Å². The first kappa shape index (κ1) is 24.2. The summed E-state index contributed by atoms with van der Waals surface area (Å²) in [4.78, 5) is 13.7. The van der Waals surface area contributed by atoms with Gasteiger partial charge < -0.3 is 28.8 Å². The van der Waals surface area contributed by atoms with Crippen molar-refractivity contribution in [3.05, 3.63) is 51.2 Å². The van der Waals surface area contributed by atoms with Crippen LogP contribution in [0.4, 0.5) is 0 Å². The second-order valence-electron chi connectivity index (χ2n) is 8.58. The number of hydrogen-bond acceptors (Lipinski definition) is 7. The van der Waals surface area contributed by atoms with E-state index in [1.807, 2.05) is 19.9 Å². The summed E-state index contributed by atoms with van der Waals surface area (Å²) in [5.41, 5.74) is 0.813. The van der Waals surface area contributed by atoms with E-state index in [1.54, 1.807) is 38.1 Å². The van der Waals surface area contributed by atoms with Gasteiger partial charge in [-0.1, -0.05) is 23.8 Å². The maximum atomic E-state index is 13.7. The number of methoxy groups -OCH3 is 3. The number of phenolic OH excluding ortho intramolecular Hbond substituents is 1. The molecule has 0 amide bonds. The molecule has 2 aromatic carbocycles. The molecule has 0 bridgehead atoms. The van der Waals surface area contributed by atoms with Crippen LogP contribution in [0.1, 0.15) is 38.8 Å². The Bertz CT molecular complexity index is 1320. The van der Waals surface area contributed by atoms with Gasteiger partial charge in [-0.3, -0.25) is 4.79 Å². The lowest BCUT2D eigenvalue weighted by Gasteiger charge is -2.16. The number of phenols is 1. The van der Waals surface area contributed by atoms with Crippen LogP contribution in [0.5, 0.6) is 23.0 Å². The Morgan fingerprint density at radius 3 is 2.18 bits per heavy atom. The van der Waals surface area contributed by atoms with Crippen LogP contribution in [0, 0.1) is 0 Å². The van der Waals surface area contributed by atoms with Crippen LogP contribution >= 0.6 is 0 Å². The number of fused-ring (bicyclic) bond motifs is 2. The fourth-order valence-electron chi connectivity index (χ4n) is 3.65. The molecule has 33 heavy (non-hydrogen) atoms. The molecule has 0 saturated heterocycles. The molecule has 2 N–H and O–H groups in total. The number of aromatic hydroxyl groups is 1. The highest BCUT2D eigenvalue weighted by Gasteiger charge is 2.23. The van der Waals surface area contributed by atoms with Crippen LogP contribution in [0.15, 0.2) is 39.1 Å². The molecule has 0 atom stereocenters. The highest BCUT2D eigenvalue weighted by molar-refractivity contribution is 6.00. The molecule has 176 valence electrons. The SMILES string of the molecule is COc1cc2oc3cc(OC)c(OC)c(/C=C/C(C)(C)O)c3c(=O)c2c(O)c1CC=C(C)C. The van der Waals surface area contributed by atoms with E-state index >= 15 is 0 Å². The number of hydrogen-bond donors (Lipinski definition) is 2. The largest absolute Gasteiger partial charge is 0.507 e. The van der Waals surface area contributed by atoms with E-state index in [-0.39, 0.29) is 27.7 Å². The van der Waals surface area contributed by atoms with Gasteiger partial charge in [0.05, 0.1) is 32.3 Å². The van der Waals surface area contributed by atoms with Crippen molar-refractivity contribution in [2.75, 3.05) is 21.3 Å². The molecule has 0 aliphatic rings. The molecule has 0 radical (unpaired) electrons. The lowest BCUT2D eigenvalue weighted by molar-refractivity contribution is 0.134. The molecule has 0 unspecified atom stereocenters. The molecular weight excluding hydrogens is 424 g/mol. The van der Waals surface area contributed by atoms with Crippen molar-refractivity contribution >= 4 is 28.0 Å². The van der Waals surface area contributed by atoms with Gasteiger partial charge in [-0.05, 0) is 34.1 Å². The smallest absolute Gasteiger partial charge is 0.205 e. The third kappa shape index (κ3) is 4.68. The Morgan fingerprint density at radius 2 is 1.64 bits per heavy atom. The van der Waals surface area contributed by atoms with E-state index in [0.717, 1.165) is 5.57 Å². The van der Waals surface area contributed by atoms with Crippen molar-refractivity contribution in [1.82, 2.24) is 0 Å². The number of ether oxygens (including phenoxy) is 3. The first-order valence-corrected chi connectivity index (χ1v) is 10.5. The van der Waals surface area contributed by atoms with Crippen LogP contribution in [-0.4, -0.2) is 37.1 Å². The molecule has 0 saturated carbocycles. The standard InChI is InChI=1S/C26H30O7/c1-14(2)8-9-15-17(30-5)12-19-22(23(15)27)24(28)21-16(10-11-26(3,4)29)25(32-7)20(31-6)13-18(21)33-19/h8,10-13,27,29H,9H2,1-7H3/b11-10+. The fraction of sp³-hybridized carbons (Fsp3) is 0.346. The van der Waals surface area contributed by atoms with Crippen LogP contribution in [0.25, 0.3) is 28.0 Å². The molecule has 0 spiro atoms. The third-order valence-electron chi connectivity index (χ3n) is 5.27. The predicted octanol–water partition coefficient (Wildman–Crippen LogP) is 4.97. The number of aliphatic hydroxyl groups is 1. The van der Waals surface area contributed by atoms with Gasteiger partial charge in [0, 0.05) is 23.3 Å². The van der Waals surface area contributed by atoms with E-state index < -0.39 is 11.0 Å². The van der Waals surface area contributed by atoms with Gasteiger partial charge in [0.15, 0.2) is 11.5 Å². The summed E-state index contributed by atoms with van der Waals surface area (Å²) in [6.07, 6.45) is 5.47. The molecule has 0 fully saturated rings. The van der Waals surface area contributed by atoms with Gasteiger partial charge in [-0.25, -0.2) is 0 Å². The van der Waals surface area contributed by atoms with Crippen LogP contribution in [0.3, 0.4) is 0 Å². The average molecular weight is 455 g/mol. The quantitative estimate of drug-likeness (QED) is 0.384. The second kappa shape index (κ2) is 9.19. The van der Waals surface area contributed by atoms with Gasteiger partial charge >= 0.3 is 0 Å². The third-order valence-corrected chi connectivity index (χ3v) is 5.27. The highest BCUT2D eigenvalue weighted by Crippen LogP contribution is 2.41. The molecular formula is C26H30O7. The van der Waals surface area contributed by atoms with Crippen LogP contribution < -0.4 is 19.6 Å². The monoisotopic (exact) mass is 454 g/mol. The van der Waals surface area contributed by atoms with Crippen molar-refractivity contribution < 1.29 is 28.8 Å². The van der Waals surface area contributed by atoms with Gasteiger partial charge in [0.25, 0.3) is 0 Å². The Kier molecular flexibility index (Phi) is 6.74. The maximum Gasteiger partial charge on any atom is 0.205 e. The minimum Gasteiger partial charge on any atom is -0.507 e. The molecule has 3 rings (SSSR count). The first-order chi connectivity index (χ1) is 15.5. The van der Waals surface area contributed by atoms with Crippen molar-refractivity contribution in [2.45, 2.75) is 39.7 Å². The lowest BCUT2D eigenvalue weighted by Crippen LogP contribution is -2.14. The molecule has 7 heteroatoms. The summed E-state index contributed by atoms with van der Waals surface area (Å²) in [6.45, 7) is 7.13. The van der Waals surface area contributed by atoms with Crippen molar-refractivity contribution in [3.8, 4) is 23.0 Å². The first-order valence-electron chi connectivity index (χ1n) is 10.5. The molecule has 1 heterocycles. The number of allylic oxidation sites excluding steroid dienone is 2. The summed E-state index contributed by atoms with van der Waals surface area (Å²) < 4.78 is 22.5. The maximum absolute atomic E-state index is 13.7. The zero-order chi connectivity index (χ0) is 24.5. The lowest BCUT2D eigenvalue weighted by atomic mass is 9.99. The fourth-order valence-corrected chi connectivity index (χ4v) is 3.65. The molecule has 0 aliphatic heterocycles. The van der Waals surface area contributed by atoms with Gasteiger partial charge in [0.1, 0.15) is 28.1 Å². The Morgan fingerprint density at radius 1 is 1.03 bits per heavy atom. The predicted molar refractivity (Wildman–Crippen MR) is 130 cm³/mol. The number of rotatable bonds is 7. The van der Waals surface area contributed by atoms with E-state index in [2.05, 4.69) is 0 Å². The van der Waals surface area contributed by atoms with E-state index in [0.29, 0.717) is 34.8 Å².